The maximum Gasteiger partial charge on any atom is 0.256 e. The molecule has 28 heavy (non-hydrogen) atoms. The predicted octanol–water partition coefficient (Wildman–Crippen LogP) is 5.39. The molecule has 3 aromatic carbocycles. The van der Waals surface area contributed by atoms with Crippen LogP contribution in [0.25, 0.3) is 11.0 Å². The Morgan fingerprint density at radius 2 is 1.82 bits per heavy atom. The second-order valence-corrected chi connectivity index (χ2v) is 7.05. The number of hydrogen-bond acceptors (Lipinski definition) is 3. The van der Waals surface area contributed by atoms with Crippen molar-refractivity contribution in [3.8, 4) is 0 Å². The minimum atomic E-state index is -0.817. The number of carbonyl (C=O) groups is 1. The van der Waals surface area contributed by atoms with E-state index in [2.05, 4.69) is 15.3 Å². The SMILES string of the molecule is O=C(Nc1ccc(F)cc1F)c1ccccc1CSc1nc2ccccc2[nH]1. The molecule has 0 aliphatic heterocycles. The summed E-state index contributed by atoms with van der Waals surface area (Å²) >= 11 is 1.47. The van der Waals surface area contributed by atoms with Crippen LogP contribution in [-0.2, 0) is 5.75 Å². The van der Waals surface area contributed by atoms with Crippen molar-refractivity contribution in [1.29, 1.82) is 0 Å². The molecule has 1 amide bonds. The Morgan fingerprint density at radius 1 is 1.04 bits per heavy atom. The lowest BCUT2D eigenvalue weighted by Gasteiger charge is -2.10. The van der Waals surface area contributed by atoms with E-state index in [4.69, 9.17) is 0 Å². The molecule has 4 nitrogen and oxygen atoms in total. The summed E-state index contributed by atoms with van der Waals surface area (Å²) in [5.41, 5.74) is 2.97. The van der Waals surface area contributed by atoms with Crippen molar-refractivity contribution in [3.05, 3.63) is 89.5 Å². The van der Waals surface area contributed by atoms with Gasteiger partial charge in [-0.25, -0.2) is 13.8 Å². The zero-order valence-electron chi connectivity index (χ0n) is 14.6. The van der Waals surface area contributed by atoms with Crippen LogP contribution in [0.3, 0.4) is 0 Å². The molecule has 0 atom stereocenters. The molecule has 0 radical (unpaired) electrons. The lowest BCUT2D eigenvalue weighted by Crippen LogP contribution is -2.15. The lowest BCUT2D eigenvalue weighted by atomic mass is 10.1. The number of hydrogen-bond donors (Lipinski definition) is 2. The van der Waals surface area contributed by atoms with E-state index in [-0.39, 0.29) is 5.69 Å². The van der Waals surface area contributed by atoms with E-state index in [0.717, 1.165) is 33.9 Å². The highest BCUT2D eigenvalue weighted by atomic mass is 32.2. The molecule has 140 valence electrons. The van der Waals surface area contributed by atoms with E-state index in [1.54, 1.807) is 12.1 Å². The summed E-state index contributed by atoms with van der Waals surface area (Å²) in [5.74, 6) is -1.46. The van der Waals surface area contributed by atoms with Gasteiger partial charge in [0.2, 0.25) is 0 Å². The van der Waals surface area contributed by atoms with Gasteiger partial charge in [-0.05, 0) is 35.9 Å². The number of para-hydroxylation sites is 2. The Labute approximate surface area is 164 Å². The number of amides is 1. The standard InChI is InChI=1S/C21H15F2N3OS/c22-14-9-10-17(16(23)11-14)24-20(27)15-6-2-1-5-13(15)12-28-21-25-18-7-3-4-8-19(18)26-21/h1-11H,12H2,(H,24,27)(H,25,26). The van der Waals surface area contributed by atoms with Crippen LogP contribution in [0.1, 0.15) is 15.9 Å². The fourth-order valence-corrected chi connectivity index (χ4v) is 3.68. The van der Waals surface area contributed by atoms with Crippen LogP contribution < -0.4 is 5.32 Å². The first-order chi connectivity index (χ1) is 13.6. The number of halogens is 2. The van der Waals surface area contributed by atoms with Crippen LogP contribution in [0, 0.1) is 11.6 Å². The van der Waals surface area contributed by atoms with Gasteiger partial charge >= 0.3 is 0 Å². The average molecular weight is 395 g/mol. The third-order valence-corrected chi connectivity index (χ3v) is 5.10. The van der Waals surface area contributed by atoms with Crippen LogP contribution in [0.15, 0.2) is 71.9 Å². The molecule has 1 heterocycles. The van der Waals surface area contributed by atoms with Gasteiger partial charge in [-0.15, -0.1) is 0 Å². The average Bonchev–Trinajstić information content (AvgIpc) is 3.12. The van der Waals surface area contributed by atoms with E-state index in [1.165, 1.54) is 17.8 Å². The minimum absolute atomic E-state index is 0.0638. The molecular weight excluding hydrogens is 380 g/mol. The third kappa shape index (κ3) is 3.89. The number of benzene rings is 3. The van der Waals surface area contributed by atoms with Gasteiger partial charge in [-0.3, -0.25) is 4.79 Å². The fraction of sp³-hybridized carbons (Fsp3) is 0.0476. The second kappa shape index (κ2) is 7.82. The minimum Gasteiger partial charge on any atom is -0.333 e. The normalized spacial score (nSPS) is 10.9. The number of aromatic amines is 1. The highest BCUT2D eigenvalue weighted by Crippen LogP contribution is 2.25. The van der Waals surface area contributed by atoms with Gasteiger partial charge in [0.25, 0.3) is 5.91 Å². The van der Waals surface area contributed by atoms with E-state index >= 15 is 0 Å². The Bertz CT molecular complexity index is 1130. The monoisotopic (exact) mass is 395 g/mol. The third-order valence-electron chi connectivity index (χ3n) is 4.17. The molecule has 4 rings (SSSR count). The van der Waals surface area contributed by atoms with Crippen LogP contribution in [0.2, 0.25) is 0 Å². The lowest BCUT2D eigenvalue weighted by molar-refractivity contribution is 0.102. The zero-order chi connectivity index (χ0) is 19.5. The molecule has 0 spiro atoms. The maximum absolute atomic E-state index is 13.8. The van der Waals surface area contributed by atoms with E-state index < -0.39 is 17.5 Å². The Kier molecular flexibility index (Phi) is 5.08. The van der Waals surface area contributed by atoms with Gasteiger partial charge < -0.3 is 10.3 Å². The highest BCUT2D eigenvalue weighted by Gasteiger charge is 2.14. The number of imidazole rings is 1. The van der Waals surface area contributed by atoms with E-state index in [9.17, 15) is 13.6 Å². The summed E-state index contributed by atoms with van der Waals surface area (Å²) in [5, 5.41) is 3.25. The van der Waals surface area contributed by atoms with Gasteiger partial charge in [0, 0.05) is 17.4 Å². The van der Waals surface area contributed by atoms with Gasteiger partial charge in [0.05, 0.1) is 16.7 Å². The Balaban J connectivity index is 1.52. The van der Waals surface area contributed by atoms with Crippen molar-refractivity contribution in [3.63, 3.8) is 0 Å². The molecule has 0 aliphatic rings. The van der Waals surface area contributed by atoms with Crippen LogP contribution >= 0.6 is 11.8 Å². The van der Waals surface area contributed by atoms with Gasteiger partial charge in [-0.2, -0.15) is 0 Å². The quantitative estimate of drug-likeness (QED) is 0.446. The van der Waals surface area contributed by atoms with Crippen molar-refractivity contribution < 1.29 is 13.6 Å². The first kappa shape index (κ1) is 18.2. The number of thioether (sulfide) groups is 1. The summed E-state index contributed by atoms with van der Waals surface area (Å²) in [4.78, 5) is 20.4. The Morgan fingerprint density at radius 3 is 2.64 bits per heavy atom. The summed E-state index contributed by atoms with van der Waals surface area (Å²) in [6.45, 7) is 0. The van der Waals surface area contributed by atoms with Crippen LogP contribution in [-0.4, -0.2) is 15.9 Å². The summed E-state index contributed by atoms with van der Waals surface area (Å²) < 4.78 is 26.9. The van der Waals surface area contributed by atoms with E-state index in [1.807, 2.05) is 36.4 Å². The maximum atomic E-state index is 13.8. The molecule has 7 heteroatoms. The second-order valence-electron chi connectivity index (χ2n) is 6.08. The number of anilines is 1. The summed E-state index contributed by atoms with van der Waals surface area (Å²) in [7, 11) is 0. The van der Waals surface area contributed by atoms with Gasteiger partial charge in [0.1, 0.15) is 11.6 Å². The van der Waals surface area contributed by atoms with Crippen molar-refractivity contribution in [2.24, 2.45) is 0 Å². The molecule has 0 unspecified atom stereocenters. The summed E-state index contributed by atoms with van der Waals surface area (Å²) in [6.07, 6.45) is 0. The number of fused-ring (bicyclic) bond motifs is 1. The molecule has 2 N–H and O–H groups in total. The number of H-pyrrole nitrogens is 1. The predicted molar refractivity (Wildman–Crippen MR) is 106 cm³/mol. The zero-order valence-corrected chi connectivity index (χ0v) is 15.4. The molecule has 4 aromatic rings. The van der Waals surface area contributed by atoms with Gasteiger partial charge in [0.15, 0.2) is 5.16 Å². The summed E-state index contributed by atoms with van der Waals surface area (Å²) in [6, 6.07) is 17.9. The smallest absolute Gasteiger partial charge is 0.256 e. The van der Waals surface area contributed by atoms with Gasteiger partial charge in [-0.1, -0.05) is 42.1 Å². The number of carbonyl (C=O) groups excluding carboxylic acids is 1. The largest absolute Gasteiger partial charge is 0.333 e. The van der Waals surface area contributed by atoms with Crippen molar-refractivity contribution >= 4 is 34.4 Å². The number of rotatable bonds is 5. The number of nitrogens with one attached hydrogen (secondary N) is 2. The molecular formula is C21H15F2N3OS. The molecule has 1 aromatic heterocycles. The van der Waals surface area contributed by atoms with E-state index in [0.29, 0.717) is 11.3 Å². The first-order valence-electron chi connectivity index (χ1n) is 8.52. The number of nitrogens with zero attached hydrogens (tertiary/aromatic N) is 1. The molecule has 0 aliphatic carbocycles. The molecule has 0 saturated carbocycles. The first-order valence-corrected chi connectivity index (χ1v) is 9.50. The topological polar surface area (TPSA) is 57.8 Å². The molecule has 0 fully saturated rings. The molecule has 0 bridgehead atoms. The Hall–Kier alpha value is -3.19. The van der Waals surface area contributed by atoms with Crippen LogP contribution in [0.4, 0.5) is 14.5 Å². The van der Waals surface area contributed by atoms with Crippen molar-refractivity contribution in [2.45, 2.75) is 10.9 Å². The van der Waals surface area contributed by atoms with Crippen molar-refractivity contribution in [1.82, 2.24) is 9.97 Å². The fourth-order valence-electron chi connectivity index (χ4n) is 2.79. The number of aromatic nitrogens is 2. The molecule has 0 saturated heterocycles. The highest BCUT2D eigenvalue weighted by molar-refractivity contribution is 7.98. The van der Waals surface area contributed by atoms with Crippen LogP contribution in [0.5, 0.6) is 0 Å². The van der Waals surface area contributed by atoms with Crippen molar-refractivity contribution in [2.75, 3.05) is 5.32 Å².